The highest BCUT2D eigenvalue weighted by Crippen LogP contribution is 1.78. The van der Waals surface area contributed by atoms with Gasteiger partial charge in [-0.3, -0.25) is 4.98 Å². The molecule has 1 heterocycles. The van der Waals surface area contributed by atoms with E-state index >= 15 is 0 Å². The van der Waals surface area contributed by atoms with Gasteiger partial charge >= 0.3 is 0 Å². The van der Waals surface area contributed by atoms with E-state index in [0.717, 1.165) is 5.22 Å². The zero-order valence-corrected chi connectivity index (χ0v) is 5.99. The van der Waals surface area contributed by atoms with E-state index in [0.29, 0.717) is 0 Å². The molecule has 0 unspecified atom stereocenters. The molecule has 2 rings (SSSR count). The number of hydrogen-bond donors (Lipinski definition) is 0. The zero-order chi connectivity index (χ0) is 7.52. The molecule has 52 valence electrons. The number of pyridine rings is 1. The Hall–Kier alpha value is -1.59. The molecule has 0 amide bonds. The molecule has 0 saturated heterocycles. The lowest BCUT2D eigenvalue weighted by molar-refractivity contribution is 1.28. The fourth-order valence-electron chi connectivity index (χ4n) is 1.02. The number of fused-ring (bicyclic) bond motifs is 1. The maximum Gasteiger partial charge on any atom is 0.0424 e. The summed E-state index contributed by atoms with van der Waals surface area (Å²) in [7, 11) is 0. The summed E-state index contributed by atoms with van der Waals surface area (Å²) in [6.07, 6.45) is 11.5. The van der Waals surface area contributed by atoms with E-state index in [4.69, 9.17) is 0 Å². The van der Waals surface area contributed by atoms with E-state index in [-0.39, 0.29) is 0 Å². The van der Waals surface area contributed by atoms with Gasteiger partial charge in [0.2, 0.25) is 0 Å². The molecule has 0 aromatic carbocycles. The van der Waals surface area contributed by atoms with E-state index in [1.807, 2.05) is 36.6 Å². The minimum Gasteiger partial charge on any atom is -0.263 e. The lowest BCUT2D eigenvalue weighted by Crippen LogP contribution is -2.22. The Morgan fingerprint density at radius 3 is 3.27 bits per heavy atom. The van der Waals surface area contributed by atoms with Crippen LogP contribution in [-0.4, -0.2) is 4.98 Å². The summed E-state index contributed by atoms with van der Waals surface area (Å²) in [4.78, 5) is 4.01. The van der Waals surface area contributed by atoms with E-state index < -0.39 is 0 Å². The highest BCUT2D eigenvalue weighted by molar-refractivity contribution is 5.43. The minimum absolute atomic E-state index is 1.05. The first-order valence-corrected chi connectivity index (χ1v) is 3.50. The van der Waals surface area contributed by atoms with Gasteiger partial charge in [-0.05, 0) is 17.4 Å². The maximum absolute atomic E-state index is 4.01. The average Bonchev–Trinajstić information content (AvgIpc) is 2.28. The van der Waals surface area contributed by atoms with E-state index in [9.17, 15) is 0 Å². The normalized spacial score (nSPS) is 12.7. The van der Waals surface area contributed by atoms with Gasteiger partial charge in [-0.15, -0.1) is 5.73 Å². The smallest absolute Gasteiger partial charge is 0.0424 e. The van der Waals surface area contributed by atoms with Crippen molar-refractivity contribution < 1.29 is 0 Å². The Kier molecular flexibility index (Phi) is 1.43. The molecule has 1 aliphatic rings. The van der Waals surface area contributed by atoms with Gasteiger partial charge < -0.3 is 0 Å². The van der Waals surface area contributed by atoms with Crippen LogP contribution in [0.25, 0.3) is 11.8 Å². The van der Waals surface area contributed by atoms with Gasteiger partial charge in [0.1, 0.15) is 0 Å². The first-order valence-electron chi connectivity index (χ1n) is 3.50. The first-order chi connectivity index (χ1) is 5.47. The summed E-state index contributed by atoms with van der Waals surface area (Å²) in [5, 5.41) is 2.22. The fourth-order valence-corrected chi connectivity index (χ4v) is 1.02. The summed E-state index contributed by atoms with van der Waals surface area (Å²) >= 11 is 0. The maximum atomic E-state index is 4.01. The summed E-state index contributed by atoms with van der Waals surface area (Å²) < 4.78 is 0. The van der Waals surface area contributed by atoms with Crippen LogP contribution < -0.4 is 10.4 Å². The molecule has 0 aliphatic heterocycles. The fraction of sp³-hybridized carbons (Fsp3) is 0. The second-order valence-electron chi connectivity index (χ2n) is 2.33. The second kappa shape index (κ2) is 2.57. The average molecular weight is 141 g/mol. The molecule has 0 radical (unpaired) electrons. The van der Waals surface area contributed by atoms with Crippen LogP contribution in [0.3, 0.4) is 0 Å². The Labute approximate surface area is 64.7 Å². The second-order valence-corrected chi connectivity index (χ2v) is 2.33. The summed E-state index contributed by atoms with van der Waals surface area (Å²) in [6.45, 7) is 0. The molecule has 0 saturated carbocycles. The van der Waals surface area contributed by atoms with Crippen molar-refractivity contribution >= 4 is 11.8 Å². The van der Waals surface area contributed by atoms with Gasteiger partial charge in [0, 0.05) is 17.6 Å². The Morgan fingerprint density at radius 1 is 1.27 bits per heavy atom. The molecule has 1 aliphatic carbocycles. The number of rotatable bonds is 0. The van der Waals surface area contributed by atoms with Crippen molar-refractivity contribution in [2.24, 2.45) is 0 Å². The molecule has 0 spiro atoms. The Bertz CT molecular complexity index is 434. The molecular formula is C10H7N. The molecule has 1 aromatic rings. The van der Waals surface area contributed by atoms with Crippen LogP contribution in [0.1, 0.15) is 0 Å². The van der Waals surface area contributed by atoms with Gasteiger partial charge in [-0.2, -0.15) is 0 Å². The first kappa shape index (κ1) is 6.14. The lowest BCUT2D eigenvalue weighted by atomic mass is 10.3. The van der Waals surface area contributed by atoms with Crippen molar-refractivity contribution in [3.05, 3.63) is 47.1 Å². The van der Waals surface area contributed by atoms with Crippen molar-refractivity contribution in [2.45, 2.75) is 0 Å². The SMILES string of the molecule is C1=CC=CC=c2ccncc2=1. The van der Waals surface area contributed by atoms with Crippen LogP contribution in [0.15, 0.2) is 36.7 Å². The molecule has 1 aromatic heterocycles. The molecule has 1 nitrogen and oxygen atoms in total. The van der Waals surface area contributed by atoms with E-state index in [2.05, 4.69) is 10.7 Å². The van der Waals surface area contributed by atoms with Crippen molar-refractivity contribution in [3.63, 3.8) is 0 Å². The van der Waals surface area contributed by atoms with Crippen molar-refractivity contribution in [1.29, 1.82) is 0 Å². The van der Waals surface area contributed by atoms with Crippen LogP contribution in [0.4, 0.5) is 0 Å². The van der Waals surface area contributed by atoms with Crippen molar-refractivity contribution in [3.8, 4) is 0 Å². The summed E-state index contributed by atoms with van der Waals surface area (Å²) in [5.74, 6) is 0. The third-order valence-corrected chi connectivity index (χ3v) is 1.58. The summed E-state index contributed by atoms with van der Waals surface area (Å²) in [6, 6.07) is 1.98. The van der Waals surface area contributed by atoms with Crippen LogP contribution in [0, 0.1) is 0 Å². The molecule has 0 bridgehead atoms. The zero-order valence-electron chi connectivity index (χ0n) is 5.99. The van der Waals surface area contributed by atoms with Crippen LogP contribution in [-0.2, 0) is 0 Å². The molecule has 11 heavy (non-hydrogen) atoms. The van der Waals surface area contributed by atoms with Crippen molar-refractivity contribution in [1.82, 2.24) is 4.98 Å². The number of aromatic nitrogens is 1. The largest absolute Gasteiger partial charge is 0.263 e. The van der Waals surface area contributed by atoms with E-state index in [1.165, 1.54) is 5.22 Å². The Balaban J connectivity index is 2.99. The predicted molar refractivity (Wildman–Crippen MR) is 45.1 cm³/mol. The third kappa shape index (κ3) is 1.14. The van der Waals surface area contributed by atoms with Crippen LogP contribution in [0.5, 0.6) is 0 Å². The standard InChI is InChI=1S/C10H7N/c1-2-4-9-6-7-11-8-10(9)5-3-1/h1-4,6-8H. The quantitative estimate of drug-likeness (QED) is 0.508. The van der Waals surface area contributed by atoms with Crippen molar-refractivity contribution in [2.75, 3.05) is 0 Å². The number of hydrogen-bond acceptors (Lipinski definition) is 1. The summed E-state index contributed by atoms with van der Waals surface area (Å²) in [5.41, 5.74) is 3.12. The van der Waals surface area contributed by atoms with Gasteiger partial charge in [-0.1, -0.05) is 18.2 Å². The van der Waals surface area contributed by atoms with Gasteiger partial charge in [0.25, 0.3) is 0 Å². The van der Waals surface area contributed by atoms with Crippen LogP contribution in [0.2, 0.25) is 0 Å². The third-order valence-electron chi connectivity index (χ3n) is 1.58. The van der Waals surface area contributed by atoms with Gasteiger partial charge in [0.05, 0.1) is 0 Å². The monoisotopic (exact) mass is 141 g/mol. The number of allylic oxidation sites excluding steroid dienone is 3. The molecule has 1 heteroatoms. The Morgan fingerprint density at radius 2 is 2.27 bits per heavy atom. The van der Waals surface area contributed by atoms with E-state index in [1.54, 1.807) is 6.20 Å². The van der Waals surface area contributed by atoms with Gasteiger partial charge in [0.15, 0.2) is 0 Å². The molecule has 0 atom stereocenters. The molecule has 0 N–H and O–H groups in total. The lowest BCUT2D eigenvalue weighted by Gasteiger charge is -1.82. The van der Waals surface area contributed by atoms with Gasteiger partial charge in [-0.25, -0.2) is 0 Å². The minimum atomic E-state index is 1.05. The highest BCUT2D eigenvalue weighted by atomic mass is 14.6. The number of nitrogens with zero attached hydrogens (tertiary/aromatic N) is 1. The molecule has 0 fully saturated rings. The highest BCUT2D eigenvalue weighted by Gasteiger charge is 1.82. The predicted octanol–water partition coefficient (Wildman–Crippen LogP) is 0.368. The molecular weight excluding hydrogens is 134 g/mol. The van der Waals surface area contributed by atoms with Crippen LogP contribution >= 0.6 is 0 Å². The topological polar surface area (TPSA) is 12.9 Å².